The molecule has 1 aliphatic rings. The third kappa shape index (κ3) is 2.59. The minimum atomic E-state index is 0.0312. The van der Waals surface area contributed by atoms with E-state index in [1.54, 1.807) is 7.11 Å². The van der Waals surface area contributed by atoms with Gasteiger partial charge in [0.25, 0.3) is 5.56 Å². The van der Waals surface area contributed by atoms with Crippen molar-refractivity contribution in [3.05, 3.63) is 58.9 Å². The zero-order valence-corrected chi connectivity index (χ0v) is 15.8. The number of aromatic nitrogens is 4. The topological polar surface area (TPSA) is 61.4 Å². The van der Waals surface area contributed by atoms with E-state index in [4.69, 9.17) is 4.74 Å². The summed E-state index contributed by atoms with van der Waals surface area (Å²) in [4.78, 5) is 13.3. The Labute approximate surface area is 162 Å². The Hall–Kier alpha value is -3.15. The summed E-state index contributed by atoms with van der Waals surface area (Å²) in [6.45, 7) is 0. The van der Waals surface area contributed by atoms with Crippen molar-refractivity contribution in [1.29, 1.82) is 0 Å². The van der Waals surface area contributed by atoms with Gasteiger partial charge in [0, 0.05) is 11.6 Å². The predicted molar refractivity (Wildman–Crippen MR) is 109 cm³/mol. The lowest BCUT2D eigenvalue weighted by Gasteiger charge is -2.24. The smallest absolute Gasteiger partial charge is 0.263 e. The number of para-hydroxylation sites is 1. The van der Waals surface area contributed by atoms with E-state index in [1.165, 1.54) is 6.42 Å². The Morgan fingerprint density at radius 1 is 0.964 bits per heavy atom. The Morgan fingerprint density at radius 2 is 1.71 bits per heavy atom. The van der Waals surface area contributed by atoms with Crippen molar-refractivity contribution in [1.82, 2.24) is 19.2 Å². The van der Waals surface area contributed by atoms with Gasteiger partial charge in [0.1, 0.15) is 5.75 Å². The summed E-state index contributed by atoms with van der Waals surface area (Å²) >= 11 is 0. The fourth-order valence-corrected chi connectivity index (χ4v) is 4.32. The van der Waals surface area contributed by atoms with Gasteiger partial charge in [-0.3, -0.25) is 13.8 Å². The highest BCUT2D eigenvalue weighted by Gasteiger charge is 2.23. The van der Waals surface area contributed by atoms with Crippen LogP contribution in [-0.2, 0) is 0 Å². The number of benzene rings is 2. The molecule has 2 aromatic heterocycles. The van der Waals surface area contributed by atoms with Crippen LogP contribution in [-0.4, -0.2) is 26.3 Å². The van der Waals surface area contributed by atoms with Gasteiger partial charge in [0.05, 0.1) is 18.0 Å². The van der Waals surface area contributed by atoms with Gasteiger partial charge in [-0.15, -0.1) is 10.2 Å². The summed E-state index contributed by atoms with van der Waals surface area (Å²) < 4.78 is 9.17. The van der Waals surface area contributed by atoms with Crippen LogP contribution in [0, 0.1) is 0 Å². The Balaban J connectivity index is 1.82. The Morgan fingerprint density at radius 3 is 2.46 bits per heavy atom. The highest BCUT2D eigenvalue weighted by atomic mass is 16.5. The van der Waals surface area contributed by atoms with E-state index in [0.29, 0.717) is 11.2 Å². The van der Waals surface area contributed by atoms with Crippen molar-refractivity contribution in [3.8, 4) is 17.1 Å². The molecule has 0 aliphatic heterocycles. The van der Waals surface area contributed by atoms with E-state index in [9.17, 15) is 4.79 Å². The van der Waals surface area contributed by atoms with E-state index in [2.05, 4.69) is 10.2 Å². The van der Waals surface area contributed by atoms with E-state index in [-0.39, 0.29) is 11.6 Å². The average Bonchev–Trinajstić information content (AvgIpc) is 3.20. The molecule has 6 nitrogen and oxygen atoms in total. The Kier molecular flexibility index (Phi) is 4.11. The highest BCUT2D eigenvalue weighted by Crippen LogP contribution is 2.30. The second-order valence-electron chi connectivity index (χ2n) is 7.37. The van der Waals surface area contributed by atoms with E-state index in [0.717, 1.165) is 48.3 Å². The molecular formula is C22H22N4O2. The monoisotopic (exact) mass is 374 g/mol. The van der Waals surface area contributed by atoms with E-state index in [1.807, 2.05) is 57.5 Å². The first kappa shape index (κ1) is 17.0. The van der Waals surface area contributed by atoms with Gasteiger partial charge >= 0.3 is 0 Å². The molecule has 2 heterocycles. The molecule has 6 heteroatoms. The molecule has 1 aliphatic carbocycles. The van der Waals surface area contributed by atoms with Crippen LogP contribution in [0.25, 0.3) is 28.1 Å². The molecule has 0 bridgehead atoms. The summed E-state index contributed by atoms with van der Waals surface area (Å²) in [5.74, 6) is 2.15. The van der Waals surface area contributed by atoms with E-state index >= 15 is 0 Å². The maximum Gasteiger partial charge on any atom is 0.263 e. The van der Waals surface area contributed by atoms with Gasteiger partial charge in [-0.1, -0.05) is 31.4 Å². The lowest BCUT2D eigenvalue weighted by atomic mass is 9.95. The van der Waals surface area contributed by atoms with Crippen molar-refractivity contribution in [2.75, 3.05) is 7.11 Å². The molecule has 0 saturated heterocycles. The molecule has 0 amide bonds. The van der Waals surface area contributed by atoms with Gasteiger partial charge in [-0.05, 0) is 49.2 Å². The quantitative estimate of drug-likeness (QED) is 0.538. The summed E-state index contributed by atoms with van der Waals surface area (Å²) in [7, 11) is 1.65. The van der Waals surface area contributed by atoms with Crippen LogP contribution in [0.4, 0.5) is 0 Å². The summed E-state index contributed by atoms with van der Waals surface area (Å²) in [6.07, 6.45) is 5.56. The van der Waals surface area contributed by atoms with Gasteiger partial charge in [0.15, 0.2) is 5.82 Å². The lowest BCUT2D eigenvalue weighted by molar-refractivity contribution is 0.351. The number of rotatable bonds is 3. The molecule has 142 valence electrons. The average molecular weight is 374 g/mol. The normalized spacial score (nSPS) is 15.3. The molecule has 1 saturated carbocycles. The SMILES string of the molecule is COc1ccc(-c2nnc3n(C4CCCCC4)c(=O)c4ccccc4n23)cc1. The first-order valence-corrected chi connectivity index (χ1v) is 9.81. The molecule has 5 rings (SSSR count). The van der Waals surface area contributed by atoms with Crippen LogP contribution in [0.15, 0.2) is 53.3 Å². The lowest BCUT2D eigenvalue weighted by Crippen LogP contribution is -2.28. The third-order valence-electron chi connectivity index (χ3n) is 5.74. The standard InChI is InChI=1S/C22H22N4O2/c1-28-17-13-11-15(12-14-17)20-23-24-22-25(16-7-3-2-4-8-16)21(27)18-9-5-6-10-19(18)26(20)22/h5-6,9-14,16H,2-4,7-8H2,1H3. The van der Waals surface area contributed by atoms with Gasteiger partial charge < -0.3 is 4.74 Å². The molecule has 0 N–H and O–H groups in total. The molecule has 0 atom stereocenters. The maximum atomic E-state index is 13.3. The second kappa shape index (κ2) is 6.78. The number of nitrogens with zero attached hydrogens (tertiary/aromatic N) is 4. The van der Waals surface area contributed by atoms with Crippen LogP contribution in [0.5, 0.6) is 5.75 Å². The Bertz CT molecular complexity index is 1200. The zero-order chi connectivity index (χ0) is 19.1. The summed E-state index contributed by atoms with van der Waals surface area (Å²) in [5, 5.41) is 9.65. The van der Waals surface area contributed by atoms with Crippen molar-refractivity contribution in [2.45, 2.75) is 38.1 Å². The predicted octanol–water partition coefficient (Wildman–Crippen LogP) is 4.23. The first-order valence-electron chi connectivity index (χ1n) is 9.81. The maximum absolute atomic E-state index is 13.3. The third-order valence-corrected chi connectivity index (χ3v) is 5.74. The number of hydrogen-bond acceptors (Lipinski definition) is 4. The van der Waals surface area contributed by atoms with Crippen LogP contribution in [0.2, 0.25) is 0 Å². The number of hydrogen-bond donors (Lipinski definition) is 0. The zero-order valence-electron chi connectivity index (χ0n) is 15.8. The molecule has 2 aromatic carbocycles. The highest BCUT2D eigenvalue weighted by molar-refractivity contribution is 5.82. The van der Waals surface area contributed by atoms with Gasteiger partial charge in [0.2, 0.25) is 5.78 Å². The molecule has 0 radical (unpaired) electrons. The fraction of sp³-hybridized carbons (Fsp3) is 0.318. The van der Waals surface area contributed by atoms with Crippen molar-refractivity contribution in [3.63, 3.8) is 0 Å². The van der Waals surface area contributed by atoms with Crippen molar-refractivity contribution >= 4 is 16.7 Å². The summed E-state index contributed by atoms with van der Waals surface area (Å²) in [5.41, 5.74) is 1.81. The van der Waals surface area contributed by atoms with Crippen molar-refractivity contribution in [2.24, 2.45) is 0 Å². The number of fused-ring (bicyclic) bond motifs is 3. The fourth-order valence-electron chi connectivity index (χ4n) is 4.32. The van der Waals surface area contributed by atoms with Crippen LogP contribution in [0.1, 0.15) is 38.1 Å². The minimum Gasteiger partial charge on any atom is -0.497 e. The first-order chi connectivity index (χ1) is 13.8. The van der Waals surface area contributed by atoms with Gasteiger partial charge in [-0.25, -0.2) is 0 Å². The number of ether oxygens (including phenoxy) is 1. The van der Waals surface area contributed by atoms with Crippen LogP contribution < -0.4 is 10.3 Å². The van der Waals surface area contributed by atoms with Gasteiger partial charge in [-0.2, -0.15) is 0 Å². The van der Waals surface area contributed by atoms with E-state index < -0.39 is 0 Å². The minimum absolute atomic E-state index is 0.0312. The molecule has 1 fully saturated rings. The summed E-state index contributed by atoms with van der Waals surface area (Å²) in [6, 6.07) is 15.7. The largest absolute Gasteiger partial charge is 0.497 e. The molecule has 0 unspecified atom stereocenters. The molecular weight excluding hydrogens is 352 g/mol. The molecule has 0 spiro atoms. The van der Waals surface area contributed by atoms with Crippen molar-refractivity contribution < 1.29 is 4.74 Å². The van der Waals surface area contributed by atoms with Crippen LogP contribution in [0.3, 0.4) is 0 Å². The van der Waals surface area contributed by atoms with Crippen LogP contribution >= 0.6 is 0 Å². The second-order valence-corrected chi connectivity index (χ2v) is 7.37. The molecule has 4 aromatic rings. The molecule has 28 heavy (non-hydrogen) atoms. The number of methoxy groups -OCH3 is 1.